The molecule has 3 aromatic rings. The fourth-order valence-electron chi connectivity index (χ4n) is 2.93. The number of aliphatic hydroxyl groups excluding tert-OH is 1. The highest BCUT2D eigenvalue weighted by Gasteiger charge is 2.13. The van der Waals surface area contributed by atoms with Crippen molar-refractivity contribution in [2.45, 2.75) is 19.4 Å². The number of halogens is 3. The number of hydrogen-bond donors (Lipinski definition) is 1. The molecular weight excluding hydrogens is 353 g/mol. The predicted octanol–water partition coefficient (Wildman–Crippen LogP) is 5.06. The van der Waals surface area contributed by atoms with Gasteiger partial charge >= 0.3 is 0 Å². The third-order valence-corrected chi connectivity index (χ3v) is 4.53. The summed E-state index contributed by atoms with van der Waals surface area (Å²) in [5.41, 5.74) is 2.76. The van der Waals surface area contributed by atoms with E-state index in [0.717, 1.165) is 16.7 Å². The lowest BCUT2D eigenvalue weighted by Gasteiger charge is -2.09. The minimum Gasteiger partial charge on any atom is -0.494 e. The van der Waals surface area contributed by atoms with Crippen LogP contribution in [0.25, 0.3) is 11.1 Å². The number of aliphatic hydroxyl groups is 1. The molecule has 0 aromatic heterocycles. The summed E-state index contributed by atoms with van der Waals surface area (Å²) in [5, 5.41) is 8.97. The molecule has 3 aromatic carbocycles. The first-order chi connectivity index (χ1) is 13.0. The normalized spacial score (nSPS) is 10.9. The molecule has 0 radical (unpaired) electrons. The average molecular weight is 372 g/mol. The van der Waals surface area contributed by atoms with Crippen LogP contribution in [0.1, 0.15) is 16.7 Å². The van der Waals surface area contributed by atoms with Gasteiger partial charge in [-0.1, -0.05) is 42.5 Å². The molecule has 140 valence electrons. The van der Waals surface area contributed by atoms with Crippen LogP contribution in [0.5, 0.6) is 5.75 Å². The SMILES string of the molecule is COc1ccc(-c2ccc(CCc3ccc(CO)c(F)c3F)cc2)cc1F. The van der Waals surface area contributed by atoms with Crippen LogP contribution in [-0.2, 0) is 19.4 Å². The summed E-state index contributed by atoms with van der Waals surface area (Å²) in [7, 11) is 1.42. The number of benzene rings is 3. The van der Waals surface area contributed by atoms with Gasteiger partial charge in [-0.3, -0.25) is 0 Å². The minimum atomic E-state index is -0.994. The van der Waals surface area contributed by atoms with Gasteiger partial charge in [0, 0.05) is 5.56 Å². The highest BCUT2D eigenvalue weighted by Crippen LogP contribution is 2.26. The van der Waals surface area contributed by atoms with Crippen molar-refractivity contribution in [3.8, 4) is 16.9 Å². The van der Waals surface area contributed by atoms with Crippen LogP contribution in [0, 0.1) is 17.5 Å². The molecule has 0 aliphatic carbocycles. The Morgan fingerprint density at radius 1 is 0.778 bits per heavy atom. The molecule has 2 nitrogen and oxygen atoms in total. The molecule has 0 atom stereocenters. The van der Waals surface area contributed by atoms with Crippen molar-refractivity contribution in [1.82, 2.24) is 0 Å². The molecule has 0 heterocycles. The molecule has 5 heteroatoms. The molecule has 0 saturated heterocycles. The molecule has 0 saturated carbocycles. The van der Waals surface area contributed by atoms with E-state index < -0.39 is 24.1 Å². The molecule has 27 heavy (non-hydrogen) atoms. The Balaban J connectivity index is 1.71. The molecule has 0 unspecified atom stereocenters. The average Bonchev–Trinajstić information content (AvgIpc) is 2.69. The van der Waals surface area contributed by atoms with Crippen molar-refractivity contribution in [1.29, 1.82) is 0 Å². The van der Waals surface area contributed by atoms with E-state index in [1.54, 1.807) is 12.1 Å². The smallest absolute Gasteiger partial charge is 0.165 e. The van der Waals surface area contributed by atoms with E-state index >= 15 is 0 Å². The molecule has 0 amide bonds. The van der Waals surface area contributed by atoms with E-state index in [1.807, 2.05) is 24.3 Å². The Bertz CT molecular complexity index is 937. The molecule has 0 aliphatic heterocycles. The lowest BCUT2D eigenvalue weighted by Crippen LogP contribution is -2.01. The third kappa shape index (κ3) is 4.14. The van der Waals surface area contributed by atoms with Crippen molar-refractivity contribution >= 4 is 0 Å². The summed E-state index contributed by atoms with van der Waals surface area (Å²) in [6.07, 6.45) is 0.872. The maximum Gasteiger partial charge on any atom is 0.165 e. The van der Waals surface area contributed by atoms with Gasteiger partial charge in [-0.2, -0.15) is 0 Å². The Morgan fingerprint density at radius 3 is 2.04 bits per heavy atom. The fourth-order valence-corrected chi connectivity index (χ4v) is 2.93. The minimum absolute atomic E-state index is 0.0488. The molecule has 0 fully saturated rings. The maximum absolute atomic E-state index is 14.0. The highest BCUT2D eigenvalue weighted by atomic mass is 19.2. The van der Waals surface area contributed by atoms with Crippen LogP contribution in [0.4, 0.5) is 13.2 Å². The van der Waals surface area contributed by atoms with Crippen LogP contribution in [-0.4, -0.2) is 12.2 Å². The zero-order valence-electron chi connectivity index (χ0n) is 14.8. The van der Waals surface area contributed by atoms with Gasteiger partial charge in [0.15, 0.2) is 23.2 Å². The maximum atomic E-state index is 14.0. The number of ether oxygens (including phenoxy) is 1. The number of hydrogen-bond acceptors (Lipinski definition) is 2. The van der Waals surface area contributed by atoms with E-state index in [1.165, 1.54) is 25.3 Å². The first-order valence-electron chi connectivity index (χ1n) is 8.53. The Hall–Kier alpha value is -2.79. The monoisotopic (exact) mass is 372 g/mol. The molecule has 1 N–H and O–H groups in total. The van der Waals surface area contributed by atoms with Crippen LogP contribution in [0.15, 0.2) is 54.6 Å². The topological polar surface area (TPSA) is 29.5 Å². The highest BCUT2D eigenvalue weighted by molar-refractivity contribution is 5.64. The second-order valence-corrected chi connectivity index (χ2v) is 6.22. The van der Waals surface area contributed by atoms with Crippen molar-refractivity contribution in [2.24, 2.45) is 0 Å². The van der Waals surface area contributed by atoms with E-state index in [4.69, 9.17) is 9.84 Å². The summed E-state index contributed by atoms with van der Waals surface area (Å²) in [4.78, 5) is 0. The second kappa shape index (κ2) is 8.27. The van der Waals surface area contributed by atoms with Gasteiger partial charge in [-0.05, 0) is 47.2 Å². The van der Waals surface area contributed by atoms with Gasteiger partial charge < -0.3 is 9.84 Å². The van der Waals surface area contributed by atoms with Crippen molar-refractivity contribution in [2.75, 3.05) is 7.11 Å². The zero-order valence-corrected chi connectivity index (χ0v) is 14.8. The van der Waals surface area contributed by atoms with Gasteiger partial charge in [0.05, 0.1) is 13.7 Å². The zero-order chi connectivity index (χ0) is 19.4. The lowest BCUT2D eigenvalue weighted by atomic mass is 9.99. The molecule has 0 spiro atoms. The standard InChI is InChI=1S/C22H19F3O2/c1-27-20-11-10-17(12-19(20)23)15-5-2-14(3-6-15)4-7-16-8-9-18(13-26)22(25)21(16)24/h2-3,5-6,8-12,26H,4,7,13H2,1H3. The van der Waals surface area contributed by atoms with Gasteiger partial charge in [0.1, 0.15) is 0 Å². The molecular formula is C22H19F3O2. The van der Waals surface area contributed by atoms with Gasteiger partial charge in [0.25, 0.3) is 0 Å². The van der Waals surface area contributed by atoms with E-state index in [9.17, 15) is 13.2 Å². The van der Waals surface area contributed by atoms with E-state index in [-0.39, 0.29) is 16.9 Å². The van der Waals surface area contributed by atoms with Crippen LogP contribution in [0.2, 0.25) is 0 Å². The largest absolute Gasteiger partial charge is 0.494 e. The van der Waals surface area contributed by atoms with Crippen LogP contribution < -0.4 is 4.74 Å². The van der Waals surface area contributed by atoms with Crippen LogP contribution in [0.3, 0.4) is 0 Å². The fraction of sp³-hybridized carbons (Fsp3) is 0.182. The van der Waals surface area contributed by atoms with Gasteiger partial charge in [0.2, 0.25) is 0 Å². The molecule has 3 rings (SSSR count). The molecule has 0 bridgehead atoms. The summed E-state index contributed by atoms with van der Waals surface area (Å²) in [5.74, 6) is -2.14. The summed E-state index contributed by atoms with van der Waals surface area (Å²) in [6.45, 7) is -0.531. The summed E-state index contributed by atoms with van der Waals surface area (Å²) < 4.78 is 46.5. The van der Waals surface area contributed by atoms with Gasteiger partial charge in [-0.15, -0.1) is 0 Å². The number of rotatable bonds is 6. The van der Waals surface area contributed by atoms with Gasteiger partial charge in [-0.25, -0.2) is 13.2 Å². The summed E-state index contributed by atoms with van der Waals surface area (Å²) >= 11 is 0. The van der Waals surface area contributed by atoms with Crippen molar-refractivity contribution in [3.05, 3.63) is 88.7 Å². The number of methoxy groups -OCH3 is 1. The second-order valence-electron chi connectivity index (χ2n) is 6.22. The Kier molecular flexibility index (Phi) is 5.81. The molecule has 0 aliphatic rings. The predicted molar refractivity (Wildman–Crippen MR) is 98.1 cm³/mol. The first-order valence-corrected chi connectivity index (χ1v) is 8.53. The number of aryl methyl sites for hydroxylation is 2. The quantitative estimate of drug-likeness (QED) is 0.656. The van der Waals surface area contributed by atoms with E-state index in [2.05, 4.69) is 0 Å². The summed E-state index contributed by atoms with van der Waals surface area (Å²) in [6, 6.07) is 15.2. The van der Waals surface area contributed by atoms with Crippen molar-refractivity contribution in [3.63, 3.8) is 0 Å². The van der Waals surface area contributed by atoms with Crippen LogP contribution >= 0.6 is 0 Å². The Labute approximate surface area is 155 Å². The van der Waals surface area contributed by atoms with E-state index in [0.29, 0.717) is 12.8 Å². The lowest BCUT2D eigenvalue weighted by molar-refractivity contribution is 0.273. The van der Waals surface area contributed by atoms with Crippen molar-refractivity contribution < 1.29 is 23.0 Å². The Morgan fingerprint density at radius 2 is 1.41 bits per heavy atom. The first kappa shape index (κ1) is 19.0. The third-order valence-electron chi connectivity index (χ3n) is 4.53.